The lowest BCUT2D eigenvalue weighted by Gasteiger charge is -2.18. The molecule has 0 bridgehead atoms. The predicted octanol–water partition coefficient (Wildman–Crippen LogP) is 2.05. The molecular weight excluding hydrogens is 249 g/mol. The predicted molar refractivity (Wildman–Crippen MR) is 66.2 cm³/mol. The third-order valence-electron chi connectivity index (χ3n) is 3.29. The monoisotopic (exact) mass is 263 g/mol. The number of rotatable bonds is 2. The molecule has 19 heavy (non-hydrogen) atoms. The fourth-order valence-electron chi connectivity index (χ4n) is 2.23. The molecule has 2 N–H and O–H groups in total. The Balaban J connectivity index is 1.85. The summed E-state index contributed by atoms with van der Waals surface area (Å²) in [5, 5.41) is 16.3. The zero-order chi connectivity index (χ0) is 13.2. The summed E-state index contributed by atoms with van der Waals surface area (Å²) >= 11 is 0. The van der Waals surface area contributed by atoms with Crippen molar-refractivity contribution in [3.05, 3.63) is 29.9 Å². The largest absolute Gasteiger partial charge is 0.505 e. The minimum Gasteiger partial charge on any atom is -0.505 e. The first-order chi connectivity index (χ1) is 9.24. The van der Waals surface area contributed by atoms with Crippen molar-refractivity contribution in [2.45, 2.75) is 18.8 Å². The molecule has 1 saturated heterocycles. The van der Waals surface area contributed by atoms with Crippen LogP contribution >= 0.6 is 0 Å². The second kappa shape index (κ2) is 4.97. The summed E-state index contributed by atoms with van der Waals surface area (Å²) in [7, 11) is 0. The lowest BCUT2D eigenvalue weighted by molar-refractivity contribution is 0.322. The quantitative estimate of drug-likeness (QED) is 0.867. The van der Waals surface area contributed by atoms with Crippen molar-refractivity contribution in [1.82, 2.24) is 15.5 Å². The van der Waals surface area contributed by atoms with Gasteiger partial charge in [0.15, 0.2) is 11.6 Å². The Bertz CT molecular complexity index is 579. The van der Waals surface area contributed by atoms with Crippen molar-refractivity contribution in [3.63, 3.8) is 0 Å². The first-order valence-corrected chi connectivity index (χ1v) is 6.27. The van der Waals surface area contributed by atoms with Crippen LogP contribution in [0.5, 0.6) is 5.75 Å². The normalized spacial score (nSPS) is 19.5. The van der Waals surface area contributed by atoms with Crippen molar-refractivity contribution >= 4 is 0 Å². The highest BCUT2D eigenvalue weighted by Crippen LogP contribution is 2.26. The number of benzene rings is 1. The molecule has 100 valence electrons. The molecule has 1 aromatic heterocycles. The number of piperidine rings is 1. The van der Waals surface area contributed by atoms with Crippen molar-refractivity contribution < 1.29 is 14.0 Å². The second-order valence-corrected chi connectivity index (χ2v) is 4.67. The summed E-state index contributed by atoms with van der Waals surface area (Å²) in [6.07, 6.45) is 2.09. The van der Waals surface area contributed by atoms with Gasteiger partial charge in [-0.15, -0.1) is 0 Å². The summed E-state index contributed by atoms with van der Waals surface area (Å²) in [5.41, 5.74) is 0.495. The van der Waals surface area contributed by atoms with E-state index >= 15 is 0 Å². The Morgan fingerprint density at radius 2 is 2.32 bits per heavy atom. The summed E-state index contributed by atoms with van der Waals surface area (Å²) in [5.74, 6) is 0.0688. The molecule has 0 amide bonds. The molecule has 1 aromatic carbocycles. The van der Waals surface area contributed by atoms with Gasteiger partial charge in [0.05, 0.1) is 5.92 Å². The Labute approximate surface area is 109 Å². The number of aromatic hydroxyl groups is 1. The average Bonchev–Trinajstić information content (AvgIpc) is 2.93. The minimum absolute atomic E-state index is 0.219. The maximum Gasteiger partial charge on any atom is 0.231 e. The summed E-state index contributed by atoms with van der Waals surface area (Å²) in [6.45, 7) is 1.84. The molecule has 0 radical (unpaired) electrons. The van der Waals surface area contributed by atoms with Gasteiger partial charge in [-0.2, -0.15) is 4.98 Å². The van der Waals surface area contributed by atoms with Crippen LogP contribution in [0.3, 0.4) is 0 Å². The van der Waals surface area contributed by atoms with E-state index in [0.29, 0.717) is 17.3 Å². The summed E-state index contributed by atoms with van der Waals surface area (Å²) in [6, 6.07) is 4.04. The van der Waals surface area contributed by atoms with Gasteiger partial charge in [0.2, 0.25) is 11.7 Å². The third-order valence-corrected chi connectivity index (χ3v) is 3.29. The fourth-order valence-corrected chi connectivity index (χ4v) is 2.23. The highest BCUT2D eigenvalue weighted by molar-refractivity contribution is 5.55. The Kier molecular flexibility index (Phi) is 3.16. The standard InChI is InChI=1S/C13H14FN3O2/c14-10-6-8(3-4-11(10)18)12-16-13(19-17-12)9-2-1-5-15-7-9/h3-4,6,9,15,18H,1-2,5,7H2. The first kappa shape index (κ1) is 12.1. The topological polar surface area (TPSA) is 71.2 Å². The first-order valence-electron chi connectivity index (χ1n) is 6.27. The summed E-state index contributed by atoms with van der Waals surface area (Å²) < 4.78 is 18.5. The number of halogens is 1. The molecule has 1 aliphatic heterocycles. The molecule has 1 fully saturated rings. The van der Waals surface area contributed by atoms with Crippen molar-refractivity contribution in [2.24, 2.45) is 0 Å². The zero-order valence-electron chi connectivity index (χ0n) is 10.3. The molecule has 0 spiro atoms. The molecular formula is C13H14FN3O2. The summed E-state index contributed by atoms with van der Waals surface area (Å²) in [4.78, 5) is 4.31. The van der Waals surface area contributed by atoms with E-state index < -0.39 is 5.82 Å². The minimum atomic E-state index is -0.691. The van der Waals surface area contributed by atoms with Crippen LogP contribution in [0.25, 0.3) is 11.4 Å². The van der Waals surface area contributed by atoms with Crippen LogP contribution in [0.15, 0.2) is 22.7 Å². The number of hydrogen-bond donors (Lipinski definition) is 2. The number of phenolic OH excluding ortho intramolecular Hbond substituents is 1. The van der Waals surface area contributed by atoms with Crippen molar-refractivity contribution in [1.29, 1.82) is 0 Å². The molecule has 2 aromatic rings. The van der Waals surface area contributed by atoms with Crippen molar-refractivity contribution in [2.75, 3.05) is 13.1 Å². The molecule has 1 aliphatic rings. The Morgan fingerprint density at radius 3 is 3.05 bits per heavy atom. The van der Waals surface area contributed by atoms with Crippen LogP contribution < -0.4 is 5.32 Å². The van der Waals surface area contributed by atoms with Gasteiger partial charge in [0.25, 0.3) is 0 Å². The van der Waals surface area contributed by atoms with Gasteiger partial charge in [-0.3, -0.25) is 0 Å². The van der Waals surface area contributed by atoms with E-state index in [1.807, 2.05) is 0 Å². The van der Waals surface area contributed by atoms with Gasteiger partial charge >= 0.3 is 0 Å². The van der Waals surface area contributed by atoms with Gasteiger partial charge in [-0.05, 0) is 37.6 Å². The lowest BCUT2D eigenvalue weighted by atomic mass is 10.00. The van der Waals surface area contributed by atoms with E-state index in [1.54, 1.807) is 6.07 Å². The van der Waals surface area contributed by atoms with E-state index in [-0.39, 0.29) is 11.7 Å². The fraction of sp³-hybridized carbons (Fsp3) is 0.385. The van der Waals surface area contributed by atoms with Crippen LogP contribution in [-0.4, -0.2) is 28.3 Å². The zero-order valence-corrected chi connectivity index (χ0v) is 10.3. The number of hydrogen-bond acceptors (Lipinski definition) is 5. The highest BCUT2D eigenvalue weighted by atomic mass is 19.1. The van der Waals surface area contributed by atoms with Crippen LogP contribution in [0.4, 0.5) is 4.39 Å². The number of phenols is 1. The maximum absolute atomic E-state index is 13.3. The maximum atomic E-state index is 13.3. The Hall–Kier alpha value is -1.95. The van der Waals surface area contributed by atoms with Gasteiger partial charge in [-0.25, -0.2) is 4.39 Å². The van der Waals surface area contributed by atoms with Crippen LogP contribution in [0.2, 0.25) is 0 Å². The number of nitrogens with zero attached hydrogens (tertiary/aromatic N) is 2. The van der Waals surface area contributed by atoms with E-state index in [9.17, 15) is 4.39 Å². The number of aromatic nitrogens is 2. The molecule has 6 heteroatoms. The third kappa shape index (κ3) is 2.44. The van der Waals surface area contributed by atoms with Gasteiger partial charge < -0.3 is 14.9 Å². The van der Waals surface area contributed by atoms with E-state index in [0.717, 1.165) is 25.9 Å². The van der Waals surface area contributed by atoms with Gasteiger partial charge in [-0.1, -0.05) is 5.16 Å². The average molecular weight is 263 g/mol. The molecule has 3 rings (SSSR count). The highest BCUT2D eigenvalue weighted by Gasteiger charge is 2.21. The molecule has 2 heterocycles. The smallest absolute Gasteiger partial charge is 0.231 e. The van der Waals surface area contributed by atoms with E-state index in [1.165, 1.54) is 12.1 Å². The molecule has 1 atom stereocenters. The van der Waals surface area contributed by atoms with Gasteiger partial charge in [0.1, 0.15) is 0 Å². The van der Waals surface area contributed by atoms with Crippen LogP contribution in [0, 0.1) is 5.82 Å². The van der Waals surface area contributed by atoms with Crippen molar-refractivity contribution in [3.8, 4) is 17.1 Å². The second-order valence-electron chi connectivity index (χ2n) is 4.67. The molecule has 0 saturated carbocycles. The van der Waals surface area contributed by atoms with Crippen LogP contribution in [-0.2, 0) is 0 Å². The van der Waals surface area contributed by atoms with E-state index in [4.69, 9.17) is 9.63 Å². The van der Waals surface area contributed by atoms with Gasteiger partial charge in [0, 0.05) is 12.1 Å². The number of nitrogens with one attached hydrogen (secondary N) is 1. The van der Waals surface area contributed by atoms with Crippen LogP contribution in [0.1, 0.15) is 24.7 Å². The molecule has 0 aliphatic carbocycles. The molecule has 5 nitrogen and oxygen atoms in total. The molecule has 1 unspecified atom stereocenters. The SMILES string of the molecule is Oc1ccc(-c2noc(C3CCCNC3)n2)cc1F. The Morgan fingerprint density at radius 1 is 1.42 bits per heavy atom. The van der Waals surface area contributed by atoms with E-state index in [2.05, 4.69) is 15.5 Å². The lowest BCUT2D eigenvalue weighted by Crippen LogP contribution is -2.28.